The molecule has 6 heteroatoms. The van der Waals surface area contributed by atoms with Crippen LogP contribution < -0.4 is 5.32 Å². The first-order chi connectivity index (χ1) is 11.3. The number of morpholine rings is 1. The molecule has 120 valence electrons. The number of nitrogens with zero attached hydrogens (tertiary/aromatic N) is 3. The molecule has 3 heterocycles. The van der Waals surface area contributed by atoms with Crippen LogP contribution in [0.25, 0.3) is 0 Å². The van der Waals surface area contributed by atoms with Crippen molar-refractivity contribution in [3.63, 3.8) is 0 Å². The third kappa shape index (κ3) is 3.88. The van der Waals surface area contributed by atoms with Gasteiger partial charge in [0.2, 0.25) is 0 Å². The van der Waals surface area contributed by atoms with Gasteiger partial charge in [-0.2, -0.15) is 5.26 Å². The Balaban J connectivity index is 1.75. The Labute approximate surface area is 140 Å². The molecule has 5 nitrogen and oxygen atoms in total. The summed E-state index contributed by atoms with van der Waals surface area (Å²) >= 11 is 1.76. The van der Waals surface area contributed by atoms with E-state index >= 15 is 0 Å². The third-order valence-corrected chi connectivity index (χ3v) is 4.95. The summed E-state index contributed by atoms with van der Waals surface area (Å²) in [5, 5.41) is 14.7. The Kier molecular flexibility index (Phi) is 5.23. The lowest BCUT2D eigenvalue weighted by molar-refractivity contribution is -0.0322. The summed E-state index contributed by atoms with van der Waals surface area (Å²) < 4.78 is 5.66. The number of hydrogen-bond donors (Lipinski definition) is 1. The highest BCUT2D eigenvalue weighted by Gasteiger charge is 2.26. The minimum absolute atomic E-state index is 0.246. The maximum atomic E-state index is 9.20. The second kappa shape index (κ2) is 7.55. The van der Waals surface area contributed by atoms with E-state index in [0.717, 1.165) is 26.2 Å². The van der Waals surface area contributed by atoms with E-state index in [1.807, 2.05) is 0 Å². The molecule has 23 heavy (non-hydrogen) atoms. The molecule has 1 aliphatic rings. The van der Waals surface area contributed by atoms with Crippen LogP contribution in [0, 0.1) is 11.3 Å². The lowest BCUT2D eigenvalue weighted by Crippen LogP contribution is -2.44. The molecule has 0 saturated carbocycles. The highest BCUT2D eigenvalue weighted by molar-refractivity contribution is 7.10. The SMILES string of the molecule is C[C@@H]1CN([C@@H](CNc2ncccc2C#N)c2cccs2)CCO1. The lowest BCUT2D eigenvalue weighted by atomic mass is 10.1. The van der Waals surface area contributed by atoms with E-state index < -0.39 is 0 Å². The number of ether oxygens (including phenoxy) is 1. The van der Waals surface area contributed by atoms with Gasteiger partial charge in [0.15, 0.2) is 0 Å². The fraction of sp³-hybridized carbons (Fsp3) is 0.412. The van der Waals surface area contributed by atoms with Crippen LogP contribution in [0.4, 0.5) is 5.82 Å². The van der Waals surface area contributed by atoms with Gasteiger partial charge in [0.25, 0.3) is 0 Å². The van der Waals surface area contributed by atoms with Gasteiger partial charge in [0, 0.05) is 30.7 Å². The molecule has 0 unspecified atom stereocenters. The number of thiophene rings is 1. The Morgan fingerprint density at radius 2 is 2.43 bits per heavy atom. The van der Waals surface area contributed by atoms with Gasteiger partial charge in [-0.15, -0.1) is 11.3 Å². The molecule has 0 bridgehead atoms. The predicted molar refractivity (Wildman–Crippen MR) is 91.5 cm³/mol. The van der Waals surface area contributed by atoms with Crippen LogP contribution in [0.3, 0.4) is 0 Å². The lowest BCUT2D eigenvalue weighted by Gasteiger charge is -2.37. The highest BCUT2D eigenvalue weighted by atomic mass is 32.1. The maximum Gasteiger partial charge on any atom is 0.143 e. The first kappa shape index (κ1) is 15.9. The van der Waals surface area contributed by atoms with Gasteiger partial charge in [-0.1, -0.05) is 6.07 Å². The molecule has 1 aliphatic heterocycles. The number of anilines is 1. The van der Waals surface area contributed by atoms with Crippen molar-refractivity contribution in [2.45, 2.75) is 19.1 Å². The first-order valence-electron chi connectivity index (χ1n) is 7.76. The van der Waals surface area contributed by atoms with Crippen LogP contribution >= 0.6 is 11.3 Å². The summed E-state index contributed by atoms with van der Waals surface area (Å²) in [7, 11) is 0. The van der Waals surface area contributed by atoms with Gasteiger partial charge in [0.05, 0.1) is 24.3 Å². The molecule has 2 aromatic heterocycles. The molecule has 2 aromatic rings. The van der Waals surface area contributed by atoms with E-state index in [-0.39, 0.29) is 12.1 Å². The van der Waals surface area contributed by atoms with Crippen LogP contribution in [0.2, 0.25) is 0 Å². The number of nitrogens with one attached hydrogen (secondary N) is 1. The van der Waals surface area contributed by atoms with E-state index in [0.29, 0.717) is 11.4 Å². The monoisotopic (exact) mass is 328 g/mol. The van der Waals surface area contributed by atoms with E-state index in [1.165, 1.54) is 4.88 Å². The Morgan fingerprint density at radius 1 is 1.52 bits per heavy atom. The van der Waals surface area contributed by atoms with E-state index in [1.54, 1.807) is 29.7 Å². The molecule has 1 fully saturated rings. The Hall–Kier alpha value is -1.94. The van der Waals surface area contributed by atoms with Gasteiger partial charge in [-0.25, -0.2) is 4.98 Å². The predicted octanol–water partition coefficient (Wildman–Crippen LogP) is 2.89. The maximum absolute atomic E-state index is 9.20. The summed E-state index contributed by atoms with van der Waals surface area (Å²) in [6.45, 7) is 5.42. The van der Waals surface area contributed by atoms with Crippen LogP contribution in [0.5, 0.6) is 0 Å². The van der Waals surface area contributed by atoms with Crippen molar-refractivity contribution in [3.05, 3.63) is 46.3 Å². The normalized spacial score (nSPS) is 19.9. The van der Waals surface area contributed by atoms with Crippen molar-refractivity contribution in [2.75, 3.05) is 31.6 Å². The van der Waals surface area contributed by atoms with E-state index in [2.05, 4.69) is 45.7 Å². The van der Waals surface area contributed by atoms with Crippen LogP contribution in [0.1, 0.15) is 23.4 Å². The minimum Gasteiger partial charge on any atom is -0.376 e. The quantitative estimate of drug-likeness (QED) is 0.914. The summed E-state index contributed by atoms with van der Waals surface area (Å²) in [4.78, 5) is 8.06. The minimum atomic E-state index is 0.246. The molecule has 0 aromatic carbocycles. The topological polar surface area (TPSA) is 61.2 Å². The summed E-state index contributed by atoms with van der Waals surface area (Å²) in [5.74, 6) is 0.651. The number of pyridine rings is 1. The van der Waals surface area contributed by atoms with E-state index in [4.69, 9.17) is 4.74 Å². The van der Waals surface area contributed by atoms with E-state index in [9.17, 15) is 5.26 Å². The number of aromatic nitrogens is 1. The molecule has 0 spiro atoms. The van der Waals surface area contributed by atoms with Gasteiger partial charge in [-0.05, 0) is 30.5 Å². The molecule has 2 atom stereocenters. The Bertz CT molecular complexity index is 667. The second-order valence-corrected chi connectivity index (χ2v) is 6.58. The Morgan fingerprint density at radius 3 is 3.17 bits per heavy atom. The zero-order valence-electron chi connectivity index (χ0n) is 13.1. The van der Waals surface area contributed by atoms with Gasteiger partial charge in [0.1, 0.15) is 11.9 Å². The van der Waals surface area contributed by atoms with Crippen LogP contribution in [-0.2, 0) is 4.74 Å². The first-order valence-corrected chi connectivity index (χ1v) is 8.64. The zero-order chi connectivity index (χ0) is 16.1. The van der Waals surface area contributed by atoms with Crippen LogP contribution in [-0.4, -0.2) is 42.2 Å². The summed E-state index contributed by atoms with van der Waals surface area (Å²) in [6.07, 6.45) is 1.95. The largest absolute Gasteiger partial charge is 0.376 e. The molecule has 0 amide bonds. The molecular weight excluding hydrogens is 308 g/mol. The summed E-state index contributed by atoms with van der Waals surface area (Å²) in [6, 6.07) is 10.3. The molecule has 3 rings (SSSR count). The highest BCUT2D eigenvalue weighted by Crippen LogP contribution is 2.27. The fourth-order valence-corrected chi connectivity index (χ4v) is 3.71. The van der Waals surface area contributed by atoms with Crippen molar-refractivity contribution in [2.24, 2.45) is 0 Å². The van der Waals surface area contributed by atoms with Crippen molar-refractivity contribution in [1.82, 2.24) is 9.88 Å². The molecule has 0 aliphatic carbocycles. The average Bonchev–Trinajstić information content (AvgIpc) is 3.10. The van der Waals surface area contributed by atoms with Crippen LogP contribution in [0.15, 0.2) is 35.8 Å². The fourth-order valence-electron chi connectivity index (χ4n) is 2.85. The molecule has 1 N–H and O–H groups in total. The number of nitriles is 1. The van der Waals surface area contributed by atoms with Gasteiger partial charge >= 0.3 is 0 Å². The van der Waals surface area contributed by atoms with Crippen molar-refractivity contribution in [3.8, 4) is 6.07 Å². The van der Waals surface area contributed by atoms with Gasteiger partial charge in [-0.3, -0.25) is 4.90 Å². The number of hydrogen-bond acceptors (Lipinski definition) is 6. The zero-order valence-corrected chi connectivity index (χ0v) is 13.9. The summed E-state index contributed by atoms with van der Waals surface area (Å²) in [5.41, 5.74) is 0.577. The third-order valence-electron chi connectivity index (χ3n) is 3.98. The van der Waals surface area contributed by atoms with Crippen molar-refractivity contribution < 1.29 is 4.74 Å². The van der Waals surface area contributed by atoms with Crippen molar-refractivity contribution >= 4 is 17.2 Å². The number of rotatable bonds is 5. The van der Waals surface area contributed by atoms with Crippen molar-refractivity contribution in [1.29, 1.82) is 5.26 Å². The molecule has 1 saturated heterocycles. The second-order valence-electron chi connectivity index (χ2n) is 5.60. The molecule has 0 radical (unpaired) electrons. The standard InChI is InChI=1S/C17H20N4OS/c1-13-12-21(7-8-22-13)15(16-5-3-9-23-16)11-20-17-14(10-18)4-2-6-19-17/h2-6,9,13,15H,7-8,11-12H2,1H3,(H,19,20)/t13-,15+/m1/s1. The molecular formula is C17H20N4OS. The van der Waals surface area contributed by atoms with Gasteiger partial charge < -0.3 is 10.1 Å². The average molecular weight is 328 g/mol. The smallest absolute Gasteiger partial charge is 0.143 e.